The number of H-pyrrole nitrogens is 2. The molecule has 24 nitrogen and oxygen atoms in total. The van der Waals surface area contributed by atoms with Gasteiger partial charge in [-0.1, -0.05) is 118 Å². The second kappa shape index (κ2) is 38.5. The quantitative estimate of drug-likeness (QED) is 0.0134. The van der Waals surface area contributed by atoms with Crippen LogP contribution in [0.1, 0.15) is 80.2 Å². The van der Waals surface area contributed by atoms with E-state index in [2.05, 4.69) is 109 Å². The number of nitrogens with two attached hydrogens (primary N) is 1. The van der Waals surface area contributed by atoms with E-state index in [0.717, 1.165) is 150 Å². The third-order valence-corrected chi connectivity index (χ3v) is 28.3. The number of imidazole rings is 3. The molecule has 6 aromatic heterocycles. The second-order valence-corrected chi connectivity index (χ2v) is 58.8. The molecule has 6 heterocycles. The molecular weight excluding hydrogens is 1590 g/mol. The smallest absolute Gasteiger partial charge is 0.223 e. The second-order valence-electron chi connectivity index (χ2n) is 36.3. The summed E-state index contributed by atoms with van der Waals surface area (Å²) in [5.41, 5.74) is 20.1. The lowest BCUT2D eigenvalue weighted by atomic mass is 9.96. The molecule has 640 valence electrons. The summed E-state index contributed by atoms with van der Waals surface area (Å²) < 4.78 is 75.2. The van der Waals surface area contributed by atoms with Crippen molar-refractivity contribution < 1.29 is 57.0 Å². The lowest BCUT2D eigenvalue weighted by Gasteiger charge is -2.16. The summed E-state index contributed by atoms with van der Waals surface area (Å²) in [6, 6.07) is 30.5. The summed E-state index contributed by atoms with van der Waals surface area (Å²) >= 11 is 0. The van der Waals surface area contributed by atoms with Crippen molar-refractivity contribution in [3.8, 4) is 85.2 Å². The number of hydrogen-bond acceptors (Lipinski definition) is 16. The first-order valence-electron chi connectivity index (χ1n) is 41.8. The van der Waals surface area contributed by atoms with E-state index in [1.807, 2.05) is 106 Å². The highest BCUT2D eigenvalue weighted by atomic mass is 28.3. The van der Waals surface area contributed by atoms with Gasteiger partial charge in [-0.2, -0.15) is 15.3 Å². The first-order chi connectivity index (χ1) is 57.0. The van der Waals surface area contributed by atoms with Crippen molar-refractivity contribution in [1.29, 1.82) is 0 Å². The van der Waals surface area contributed by atoms with Gasteiger partial charge in [-0.3, -0.25) is 14.7 Å². The zero-order valence-corrected chi connectivity index (χ0v) is 76.1. The number of hydrogen-bond donors (Lipinski definition) is 8. The van der Waals surface area contributed by atoms with Gasteiger partial charge in [-0.25, -0.2) is 37.5 Å². The van der Waals surface area contributed by atoms with Gasteiger partial charge in [-0.15, -0.1) is 0 Å². The Morgan fingerprint density at radius 1 is 0.500 bits per heavy atom. The highest BCUT2D eigenvalue weighted by Crippen LogP contribution is 2.40. The van der Waals surface area contributed by atoms with Gasteiger partial charge in [0.2, 0.25) is 11.8 Å². The Bertz CT molecular complexity index is 5600. The number of ether oxygens (including phenoxy) is 4. The van der Waals surface area contributed by atoms with Crippen LogP contribution in [0, 0.1) is 29.3 Å². The Morgan fingerprint density at radius 3 is 1.28 bits per heavy atom. The van der Waals surface area contributed by atoms with Crippen LogP contribution in [0.25, 0.3) is 101 Å². The highest BCUT2D eigenvalue weighted by molar-refractivity contribution is 6.77. The Kier molecular flexibility index (Phi) is 28.7. The van der Waals surface area contributed by atoms with Crippen LogP contribution in [-0.2, 0) is 94.4 Å². The number of aryl methyl sites for hydroxylation is 3. The van der Waals surface area contributed by atoms with Crippen molar-refractivity contribution in [3.05, 3.63) is 161 Å². The van der Waals surface area contributed by atoms with Crippen molar-refractivity contribution in [1.82, 2.24) is 69.5 Å². The molecule has 6 aromatic carbocycles. The highest BCUT2D eigenvalue weighted by Gasteiger charge is 2.32. The lowest BCUT2D eigenvalue weighted by molar-refractivity contribution is -0.123. The third kappa shape index (κ3) is 23.2. The van der Waals surface area contributed by atoms with Crippen LogP contribution in [0.3, 0.4) is 0 Å². The summed E-state index contributed by atoms with van der Waals surface area (Å²) in [5, 5.41) is 55.7. The van der Waals surface area contributed by atoms with Crippen molar-refractivity contribution in [3.63, 3.8) is 0 Å². The summed E-state index contributed by atoms with van der Waals surface area (Å²) in [6.45, 7) is 38.8. The predicted molar refractivity (Wildman–Crippen MR) is 478 cm³/mol. The minimum absolute atomic E-state index is 0.0716. The van der Waals surface area contributed by atoms with E-state index in [1.54, 1.807) is 6.20 Å². The molecule has 9 N–H and O–H groups in total. The maximum Gasteiger partial charge on any atom is 0.223 e. The molecule has 0 saturated heterocycles. The number of amides is 2. The fraction of sp³-hybridized carbons (Fsp3) is 0.438. The number of carbonyl (C=O) groups excluding carboxylic acids is 2. The number of benzene rings is 6. The molecule has 120 heavy (non-hydrogen) atoms. The molecule has 2 fully saturated rings. The van der Waals surface area contributed by atoms with Crippen LogP contribution in [0.2, 0.25) is 103 Å². The Morgan fingerprint density at radius 2 is 0.883 bits per heavy atom. The third-order valence-electron chi connectivity index (χ3n) is 21.5. The van der Waals surface area contributed by atoms with Crippen LogP contribution in [0.15, 0.2) is 110 Å². The number of aromatic amines is 2. The molecule has 2 aliphatic carbocycles. The van der Waals surface area contributed by atoms with E-state index < -0.39 is 49.7 Å². The Balaban J connectivity index is 0.000000168. The minimum Gasteiger partial charge on any atom is -0.505 e. The van der Waals surface area contributed by atoms with Gasteiger partial charge in [0.25, 0.3) is 0 Å². The van der Waals surface area contributed by atoms with Gasteiger partial charge in [0.1, 0.15) is 44.0 Å². The number of fused-ring (bicyclic) bond motifs is 3. The number of aromatic nitrogens is 12. The summed E-state index contributed by atoms with van der Waals surface area (Å²) in [5.74, 6) is -0.574. The Labute approximate surface area is 704 Å². The topological polar surface area (TPSA) is 310 Å². The molecule has 2 amide bonds. The largest absolute Gasteiger partial charge is 0.505 e. The van der Waals surface area contributed by atoms with Gasteiger partial charge >= 0.3 is 0 Å². The fourth-order valence-corrected chi connectivity index (χ4v) is 16.9. The number of carbonyl (C=O) groups is 2. The molecule has 2 aliphatic rings. The van der Waals surface area contributed by atoms with Crippen LogP contribution in [0.4, 0.5) is 13.2 Å². The molecular formula is C89H118F3N15O9Si4. The van der Waals surface area contributed by atoms with E-state index in [1.165, 1.54) is 36.4 Å². The standard InChI is InChI=1S/C35H50FN5O4Si2.C31H46FN5O3Si2.C23H22FN5O2/c1-8-24-18-32(42)30(36)19-29(24)26-11-12-28-31(17-26)41(23-45-14-16-47(5,6)7)39-33(28)34-38-27(20-37-35(43)25-9-10-25)21-40(34)22-44-13-15-46(2,3)4;1-8-22-16-29(38)27(32)17-26(22)23-9-10-25-28(15-23)37(21-40-12-14-42(5,6)7)35-30(25)31-34-24(18-33)19-36(31)20-39-11-13-41(2,3)4;1-2-12-8-20(30)18(24)9-17(12)14-5-6-16-19(7-14)28-29-21(16)22-25-10-15(27-22)11-26-23(31)13-3-4-13/h11-12,17-19,21,25,42H,8-10,13-16,20,22-23H2,1-7H3,(H,37,43);9-10,15-17,19,38H,8,11-14,18,20-21,33H2,1-7H3;5-10,13,30H,2-4,11H2,1H3,(H,25,27)(H,26,31)(H,28,29). The van der Waals surface area contributed by atoms with Gasteiger partial charge in [0, 0.05) is 106 Å². The van der Waals surface area contributed by atoms with Crippen LogP contribution in [0.5, 0.6) is 17.2 Å². The number of rotatable bonds is 36. The summed E-state index contributed by atoms with van der Waals surface area (Å²) in [6.07, 6.45) is 11.4. The Hall–Kier alpha value is -9.84. The molecule has 31 heteroatoms. The van der Waals surface area contributed by atoms with Crippen LogP contribution < -0.4 is 16.4 Å². The summed E-state index contributed by atoms with van der Waals surface area (Å²) in [7, 11) is -5.03. The van der Waals surface area contributed by atoms with E-state index in [0.29, 0.717) is 113 Å². The fourth-order valence-electron chi connectivity index (χ4n) is 13.8. The van der Waals surface area contributed by atoms with Gasteiger partial charge in [-0.05, 0) is 192 Å². The zero-order chi connectivity index (χ0) is 86.1. The van der Waals surface area contributed by atoms with Crippen molar-refractivity contribution in [2.24, 2.45) is 17.6 Å². The average molecular weight is 1710 g/mol. The average Bonchev–Trinajstić information content (AvgIpc) is 1.60. The molecule has 0 unspecified atom stereocenters. The number of halogens is 3. The number of phenols is 3. The van der Waals surface area contributed by atoms with E-state index >= 15 is 0 Å². The first-order valence-corrected chi connectivity index (χ1v) is 56.7. The molecule has 12 aromatic rings. The molecule has 14 rings (SSSR count). The molecule has 0 bridgehead atoms. The molecule has 0 spiro atoms. The molecule has 0 atom stereocenters. The van der Waals surface area contributed by atoms with E-state index in [9.17, 15) is 38.1 Å². The molecule has 0 aliphatic heterocycles. The minimum atomic E-state index is -1.29. The van der Waals surface area contributed by atoms with Crippen molar-refractivity contribution in [2.45, 2.75) is 215 Å². The molecule has 0 radical (unpaired) electrons. The SMILES string of the molecule is CCc1cc(O)c(F)cc1-c1ccc2c(-c3nc(CN)cn3COCC[Si](C)(C)C)nn(COCC[Si](C)(C)C)c2c1.CCc1cc(O)c(F)cc1-c1ccc2c(-c3nc(CNC(=O)C4CC4)cn3COCC[Si](C)(C)C)nn(COCC[Si](C)(C)C)c2c1.CCc1cc(O)c(F)cc1-c1ccc2c(-c3ncc(CNC(=O)C4CC4)[nH]3)n[nH]c2c1. The monoisotopic (exact) mass is 1710 g/mol. The number of nitrogens with zero attached hydrogens (tertiary/aromatic N) is 10. The number of aromatic hydroxyl groups is 3. The van der Waals surface area contributed by atoms with Crippen molar-refractivity contribution >= 4 is 76.8 Å². The maximum atomic E-state index is 14.6. The predicted octanol–water partition coefficient (Wildman–Crippen LogP) is 18.7. The maximum absolute atomic E-state index is 14.6. The van der Waals surface area contributed by atoms with Crippen LogP contribution in [-0.4, -0.2) is 145 Å². The number of nitrogens with one attached hydrogen (secondary N) is 4. The van der Waals surface area contributed by atoms with Gasteiger partial charge < -0.3 is 64.8 Å². The van der Waals surface area contributed by atoms with E-state index in [4.69, 9.17) is 44.8 Å². The lowest BCUT2D eigenvalue weighted by Crippen LogP contribution is -2.24. The molecule has 2 saturated carbocycles. The van der Waals surface area contributed by atoms with E-state index in [-0.39, 0.29) is 54.4 Å². The first kappa shape index (κ1) is 89.4. The zero-order valence-electron chi connectivity index (χ0n) is 72.1. The van der Waals surface area contributed by atoms with Crippen LogP contribution >= 0.6 is 0 Å². The number of phenolic OH excluding ortho intramolecular Hbond substituents is 3. The van der Waals surface area contributed by atoms with Gasteiger partial charge in [0.05, 0.1) is 52.9 Å². The normalized spacial score (nSPS) is 13.3. The summed E-state index contributed by atoms with van der Waals surface area (Å²) in [4.78, 5) is 41.7. The van der Waals surface area contributed by atoms with Gasteiger partial charge in [0.15, 0.2) is 52.2 Å². The van der Waals surface area contributed by atoms with Crippen molar-refractivity contribution in [2.75, 3.05) is 26.4 Å².